The maximum atomic E-state index is 7.93. The molecule has 0 N–H and O–H groups in total. The molecule has 13 heavy (non-hydrogen) atoms. The van der Waals surface area contributed by atoms with Crippen molar-refractivity contribution in [2.45, 2.75) is 6.92 Å². The van der Waals surface area contributed by atoms with E-state index in [1.165, 1.54) is 0 Å². The highest BCUT2D eigenvalue weighted by Gasteiger charge is 1.94. The Morgan fingerprint density at radius 2 is 1.54 bits per heavy atom. The third-order valence-corrected chi connectivity index (χ3v) is 2.03. The van der Waals surface area contributed by atoms with E-state index in [-0.39, 0.29) is 0 Å². The van der Waals surface area contributed by atoms with E-state index in [2.05, 4.69) is 0 Å². The molecule has 0 heterocycles. The molecule has 0 aromatic heterocycles. The molecular formula is C13H12. The Kier molecular flexibility index (Phi) is 1.83. The molecule has 0 aliphatic rings. The molecule has 0 aliphatic heterocycles. The second-order valence-electron chi connectivity index (χ2n) is 3.11. The van der Waals surface area contributed by atoms with Gasteiger partial charge in [-0.2, -0.15) is 0 Å². The number of hydrogen-bond acceptors (Lipinski definition) is 0. The lowest BCUT2D eigenvalue weighted by Gasteiger charge is -2.01. The van der Waals surface area contributed by atoms with Gasteiger partial charge in [0.2, 0.25) is 0 Å². The van der Waals surface area contributed by atoms with E-state index in [1.54, 1.807) is 0 Å². The van der Waals surface area contributed by atoms with Crippen LogP contribution in [0, 0.1) is 6.92 Å². The Balaban J connectivity index is 2.58. The number of aryl methyl sites for hydroxylation is 1. The lowest BCUT2D eigenvalue weighted by atomic mass is 10.0. The van der Waals surface area contributed by atoms with Gasteiger partial charge < -0.3 is 0 Å². The second kappa shape index (κ2) is 3.44. The van der Waals surface area contributed by atoms with Crippen molar-refractivity contribution in [2.75, 3.05) is 0 Å². The van der Waals surface area contributed by atoms with Crippen molar-refractivity contribution >= 4 is 0 Å². The topological polar surface area (TPSA) is 0 Å². The van der Waals surface area contributed by atoms with Crippen LogP contribution in [0.1, 0.15) is 6.93 Å². The standard InChI is InChI=1S/C13H12/c1-11-6-5-9-13(10-11)12-7-3-2-4-8-12/h2-10H,1H3/i10D. The summed E-state index contributed by atoms with van der Waals surface area (Å²) in [5.74, 6) is 0. The molecule has 0 heteroatoms. The summed E-state index contributed by atoms with van der Waals surface area (Å²) in [7, 11) is 0. The minimum absolute atomic E-state index is 0.624. The first-order valence-corrected chi connectivity index (χ1v) is 4.40. The van der Waals surface area contributed by atoms with E-state index in [0.29, 0.717) is 6.04 Å². The minimum Gasteiger partial charge on any atom is -0.0622 e. The molecule has 0 fully saturated rings. The van der Waals surface area contributed by atoms with Crippen LogP contribution >= 0.6 is 0 Å². The van der Waals surface area contributed by atoms with E-state index < -0.39 is 0 Å². The highest BCUT2D eigenvalue weighted by molar-refractivity contribution is 5.63. The molecule has 0 saturated carbocycles. The summed E-state index contributed by atoms with van der Waals surface area (Å²) in [5.41, 5.74) is 3.14. The normalized spacial score (nSPS) is 11.0. The van der Waals surface area contributed by atoms with Crippen molar-refractivity contribution < 1.29 is 1.37 Å². The van der Waals surface area contributed by atoms with Gasteiger partial charge in [0.25, 0.3) is 0 Å². The van der Waals surface area contributed by atoms with Crippen LogP contribution in [-0.4, -0.2) is 0 Å². The highest BCUT2D eigenvalue weighted by atomic mass is 14.0. The molecule has 0 atom stereocenters. The summed E-state index contributed by atoms with van der Waals surface area (Å²) >= 11 is 0. The number of benzene rings is 2. The maximum absolute atomic E-state index is 7.93. The van der Waals surface area contributed by atoms with Gasteiger partial charge >= 0.3 is 0 Å². The van der Waals surface area contributed by atoms with Crippen LogP contribution in [0.15, 0.2) is 54.6 Å². The van der Waals surface area contributed by atoms with E-state index in [0.717, 1.165) is 16.7 Å². The van der Waals surface area contributed by atoms with Crippen LogP contribution < -0.4 is 0 Å². The van der Waals surface area contributed by atoms with Crippen LogP contribution in [0.25, 0.3) is 11.1 Å². The minimum atomic E-state index is 0.624. The van der Waals surface area contributed by atoms with Gasteiger partial charge in [0.15, 0.2) is 0 Å². The monoisotopic (exact) mass is 169 g/mol. The van der Waals surface area contributed by atoms with Gasteiger partial charge in [-0.15, -0.1) is 0 Å². The van der Waals surface area contributed by atoms with Gasteiger partial charge in [-0.05, 0) is 18.1 Å². The van der Waals surface area contributed by atoms with Crippen LogP contribution in [0.4, 0.5) is 0 Å². The lowest BCUT2D eigenvalue weighted by Crippen LogP contribution is -1.77. The zero-order valence-electron chi connectivity index (χ0n) is 8.62. The third kappa shape index (κ3) is 1.78. The number of hydrogen-bond donors (Lipinski definition) is 0. The summed E-state index contributed by atoms with van der Waals surface area (Å²) in [6, 6.07) is 16.6. The fourth-order valence-electron chi connectivity index (χ4n) is 1.37. The van der Waals surface area contributed by atoms with Crippen molar-refractivity contribution in [3.63, 3.8) is 0 Å². The fraction of sp³-hybridized carbons (Fsp3) is 0.0769. The Morgan fingerprint density at radius 3 is 2.31 bits per heavy atom. The first-order chi connectivity index (χ1) is 6.79. The summed E-state index contributed by atoms with van der Waals surface area (Å²) in [5, 5.41) is 0. The maximum Gasteiger partial charge on any atom is 0.0632 e. The third-order valence-electron chi connectivity index (χ3n) is 2.03. The predicted octanol–water partition coefficient (Wildman–Crippen LogP) is 3.66. The molecule has 0 unspecified atom stereocenters. The van der Waals surface area contributed by atoms with Gasteiger partial charge in [-0.3, -0.25) is 0 Å². The molecule has 0 amide bonds. The van der Waals surface area contributed by atoms with Crippen LogP contribution in [0.3, 0.4) is 0 Å². The summed E-state index contributed by atoms with van der Waals surface area (Å²) in [6.45, 7) is 1.97. The molecule has 0 nitrogen and oxygen atoms in total. The first kappa shape index (κ1) is 6.90. The summed E-state index contributed by atoms with van der Waals surface area (Å²) < 4.78 is 7.93. The van der Waals surface area contributed by atoms with E-state index in [1.807, 2.05) is 55.5 Å². The average molecular weight is 169 g/mol. The molecule has 0 aliphatic carbocycles. The van der Waals surface area contributed by atoms with Gasteiger partial charge in [0.1, 0.15) is 0 Å². The summed E-state index contributed by atoms with van der Waals surface area (Å²) in [4.78, 5) is 0. The second-order valence-corrected chi connectivity index (χ2v) is 3.11. The SMILES string of the molecule is [2H]c1c(C)cccc1-c1ccccc1. The fourth-order valence-corrected chi connectivity index (χ4v) is 1.37. The first-order valence-electron chi connectivity index (χ1n) is 4.90. The van der Waals surface area contributed by atoms with Crippen molar-refractivity contribution in [1.29, 1.82) is 0 Å². The Morgan fingerprint density at radius 1 is 0.846 bits per heavy atom. The van der Waals surface area contributed by atoms with Crippen LogP contribution in [-0.2, 0) is 0 Å². The van der Waals surface area contributed by atoms with Gasteiger partial charge in [0.05, 0.1) is 1.37 Å². The molecular weight excluding hydrogens is 156 g/mol. The molecule has 0 bridgehead atoms. The molecule has 0 saturated heterocycles. The zero-order chi connectivity index (χ0) is 9.97. The largest absolute Gasteiger partial charge is 0.0632 e. The Bertz CT molecular complexity index is 432. The van der Waals surface area contributed by atoms with E-state index in [4.69, 9.17) is 1.37 Å². The Hall–Kier alpha value is -1.56. The number of rotatable bonds is 1. The van der Waals surface area contributed by atoms with Gasteiger partial charge in [-0.25, -0.2) is 0 Å². The van der Waals surface area contributed by atoms with E-state index >= 15 is 0 Å². The molecule has 0 radical (unpaired) electrons. The molecule has 2 aromatic rings. The lowest BCUT2D eigenvalue weighted by molar-refractivity contribution is 1.47. The van der Waals surface area contributed by atoms with Crippen molar-refractivity contribution in [1.82, 2.24) is 0 Å². The van der Waals surface area contributed by atoms with Crippen LogP contribution in [0.2, 0.25) is 0 Å². The summed E-state index contributed by atoms with van der Waals surface area (Å²) in [6.07, 6.45) is 0. The van der Waals surface area contributed by atoms with E-state index in [9.17, 15) is 0 Å². The average Bonchev–Trinajstić information content (AvgIpc) is 2.23. The quantitative estimate of drug-likeness (QED) is 0.611. The molecule has 2 rings (SSSR count). The van der Waals surface area contributed by atoms with Gasteiger partial charge in [0, 0.05) is 0 Å². The molecule has 2 aromatic carbocycles. The highest BCUT2D eigenvalue weighted by Crippen LogP contribution is 2.19. The van der Waals surface area contributed by atoms with Crippen molar-refractivity contribution in [2.24, 2.45) is 0 Å². The van der Waals surface area contributed by atoms with Crippen molar-refractivity contribution in [3.05, 3.63) is 60.1 Å². The van der Waals surface area contributed by atoms with Crippen LogP contribution in [0.5, 0.6) is 0 Å². The Labute approximate surface area is 80.3 Å². The smallest absolute Gasteiger partial charge is 0.0622 e. The predicted molar refractivity (Wildman–Crippen MR) is 56.6 cm³/mol. The molecule has 64 valence electrons. The zero-order valence-corrected chi connectivity index (χ0v) is 7.62. The van der Waals surface area contributed by atoms with Gasteiger partial charge in [-0.1, -0.05) is 60.1 Å². The molecule has 0 spiro atoms. The van der Waals surface area contributed by atoms with Crippen molar-refractivity contribution in [3.8, 4) is 11.1 Å².